The zero-order chi connectivity index (χ0) is 24.1. The number of rotatable bonds is 5. The van der Waals surface area contributed by atoms with E-state index in [1.807, 2.05) is 60.4 Å². The number of carbonyl (C=O) groups excluding carboxylic acids is 2. The van der Waals surface area contributed by atoms with Crippen molar-refractivity contribution in [2.45, 2.75) is 19.8 Å². The number of nitrogens with one attached hydrogen (secondary N) is 2. The van der Waals surface area contributed by atoms with Gasteiger partial charge in [0.2, 0.25) is 5.91 Å². The van der Waals surface area contributed by atoms with Gasteiger partial charge in [-0.25, -0.2) is 0 Å². The third-order valence-corrected chi connectivity index (χ3v) is 6.41. The zero-order valence-electron chi connectivity index (χ0n) is 19.0. The highest BCUT2D eigenvalue weighted by Gasteiger charge is 2.22. The standard InChI is InChI=1S/C26H27ClN4O2S/c1-2-6-24(32)31-15-13-30(14-16-31)23-12-11-19(17-22(23)27)28-26(34)29-25(33)21-10-5-8-18-7-3-4-9-20(18)21/h3-5,7-12,17H,2,6,13-16H2,1H3,(H2,28,29,33,34). The maximum Gasteiger partial charge on any atom is 0.258 e. The molecule has 1 aliphatic heterocycles. The van der Waals surface area contributed by atoms with E-state index < -0.39 is 0 Å². The number of halogens is 1. The van der Waals surface area contributed by atoms with Crippen molar-refractivity contribution in [2.24, 2.45) is 0 Å². The van der Waals surface area contributed by atoms with Crippen LogP contribution in [0.2, 0.25) is 5.02 Å². The summed E-state index contributed by atoms with van der Waals surface area (Å²) < 4.78 is 0. The molecule has 0 unspecified atom stereocenters. The number of carbonyl (C=O) groups is 2. The number of thiocarbonyl (C=S) groups is 1. The molecule has 2 N–H and O–H groups in total. The van der Waals surface area contributed by atoms with Crippen molar-refractivity contribution in [3.63, 3.8) is 0 Å². The lowest BCUT2D eigenvalue weighted by molar-refractivity contribution is -0.131. The van der Waals surface area contributed by atoms with Crippen LogP contribution in [0.1, 0.15) is 30.1 Å². The van der Waals surface area contributed by atoms with Gasteiger partial charge in [0.25, 0.3) is 5.91 Å². The van der Waals surface area contributed by atoms with Crippen LogP contribution >= 0.6 is 23.8 Å². The van der Waals surface area contributed by atoms with E-state index in [4.69, 9.17) is 23.8 Å². The number of anilines is 2. The van der Waals surface area contributed by atoms with Gasteiger partial charge in [-0.1, -0.05) is 54.9 Å². The van der Waals surface area contributed by atoms with Gasteiger partial charge in [-0.05, 0) is 53.7 Å². The van der Waals surface area contributed by atoms with E-state index in [1.54, 1.807) is 12.1 Å². The first kappa shape index (κ1) is 24.0. The van der Waals surface area contributed by atoms with Crippen molar-refractivity contribution in [2.75, 3.05) is 36.4 Å². The average molecular weight is 495 g/mol. The molecule has 3 aromatic rings. The van der Waals surface area contributed by atoms with E-state index in [2.05, 4.69) is 15.5 Å². The molecule has 1 aliphatic rings. The lowest BCUT2D eigenvalue weighted by Crippen LogP contribution is -2.48. The topological polar surface area (TPSA) is 64.7 Å². The highest BCUT2D eigenvalue weighted by Crippen LogP contribution is 2.30. The third-order valence-electron chi connectivity index (χ3n) is 5.90. The molecular weight excluding hydrogens is 468 g/mol. The molecule has 2 amide bonds. The van der Waals surface area contributed by atoms with Crippen LogP contribution in [0.15, 0.2) is 60.7 Å². The maximum atomic E-state index is 12.8. The van der Waals surface area contributed by atoms with Crippen molar-refractivity contribution in [3.05, 3.63) is 71.2 Å². The fourth-order valence-corrected chi connectivity index (χ4v) is 4.68. The summed E-state index contributed by atoms with van der Waals surface area (Å²) in [5, 5.41) is 8.44. The van der Waals surface area contributed by atoms with Gasteiger partial charge in [-0.2, -0.15) is 0 Å². The summed E-state index contributed by atoms with van der Waals surface area (Å²) in [5.74, 6) is -0.0561. The van der Waals surface area contributed by atoms with Gasteiger partial charge < -0.3 is 15.1 Å². The molecule has 0 spiro atoms. The number of amides is 2. The molecule has 176 valence electrons. The normalized spacial score (nSPS) is 13.6. The quantitative estimate of drug-likeness (QED) is 0.485. The number of benzene rings is 3. The van der Waals surface area contributed by atoms with Gasteiger partial charge in [-0.3, -0.25) is 14.9 Å². The lowest BCUT2D eigenvalue weighted by Gasteiger charge is -2.36. The Morgan fingerprint density at radius 2 is 1.74 bits per heavy atom. The lowest BCUT2D eigenvalue weighted by atomic mass is 10.0. The molecule has 0 bridgehead atoms. The minimum absolute atomic E-state index is 0.199. The Morgan fingerprint density at radius 3 is 2.47 bits per heavy atom. The van der Waals surface area contributed by atoms with E-state index in [-0.39, 0.29) is 16.9 Å². The molecule has 0 saturated carbocycles. The number of nitrogens with zero attached hydrogens (tertiary/aromatic N) is 2. The Morgan fingerprint density at radius 1 is 1.00 bits per heavy atom. The molecule has 1 saturated heterocycles. The summed E-state index contributed by atoms with van der Waals surface area (Å²) in [6, 6.07) is 18.9. The molecule has 8 heteroatoms. The molecule has 0 aromatic heterocycles. The monoisotopic (exact) mass is 494 g/mol. The SMILES string of the molecule is CCCC(=O)N1CCN(c2ccc(NC(=S)NC(=O)c3cccc4ccccc34)cc2Cl)CC1. The minimum Gasteiger partial charge on any atom is -0.367 e. The molecule has 6 nitrogen and oxygen atoms in total. The molecule has 3 aromatic carbocycles. The molecule has 1 fully saturated rings. The summed E-state index contributed by atoms with van der Waals surface area (Å²) in [5.41, 5.74) is 2.17. The second-order valence-electron chi connectivity index (χ2n) is 8.22. The Labute approximate surface area is 209 Å². The first-order chi connectivity index (χ1) is 16.5. The van der Waals surface area contributed by atoms with Crippen LogP contribution in [0.3, 0.4) is 0 Å². The van der Waals surface area contributed by atoms with Crippen LogP contribution < -0.4 is 15.5 Å². The van der Waals surface area contributed by atoms with Gasteiger partial charge in [0, 0.05) is 43.9 Å². The van der Waals surface area contributed by atoms with Crippen LogP contribution in [0.4, 0.5) is 11.4 Å². The summed E-state index contributed by atoms with van der Waals surface area (Å²) in [6.45, 7) is 4.88. The smallest absolute Gasteiger partial charge is 0.258 e. The fourth-order valence-electron chi connectivity index (χ4n) is 4.17. The van der Waals surface area contributed by atoms with Crippen LogP contribution in [-0.2, 0) is 4.79 Å². The number of piperazine rings is 1. The second kappa shape index (κ2) is 10.8. The Bertz CT molecular complexity index is 1220. The molecular formula is C26H27ClN4O2S. The zero-order valence-corrected chi connectivity index (χ0v) is 20.6. The van der Waals surface area contributed by atoms with E-state index in [0.29, 0.717) is 35.8 Å². The number of fused-ring (bicyclic) bond motifs is 1. The summed E-state index contributed by atoms with van der Waals surface area (Å²) in [6.07, 6.45) is 1.46. The van der Waals surface area contributed by atoms with E-state index in [0.717, 1.165) is 36.0 Å². The molecule has 0 radical (unpaired) electrons. The summed E-state index contributed by atoms with van der Waals surface area (Å²) in [4.78, 5) is 29.0. The van der Waals surface area contributed by atoms with E-state index >= 15 is 0 Å². The van der Waals surface area contributed by atoms with Crippen molar-refractivity contribution < 1.29 is 9.59 Å². The van der Waals surface area contributed by atoms with Crippen molar-refractivity contribution in [3.8, 4) is 0 Å². The van der Waals surface area contributed by atoms with Crippen molar-refractivity contribution >= 4 is 62.9 Å². The average Bonchev–Trinajstić information content (AvgIpc) is 2.84. The van der Waals surface area contributed by atoms with Crippen LogP contribution in [0, 0.1) is 0 Å². The molecule has 0 atom stereocenters. The number of hydrogen-bond donors (Lipinski definition) is 2. The molecule has 34 heavy (non-hydrogen) atoms. The van der Waals surface area contributed by atoms with Crippen molar-refractivity contribution in [1.29, 1.82) is 0 Å². The first-order valence-corrected chi connectivity index (χ1v) is 12.2. The maximum absolute atomic E-state index is 12.8. The summed E-state index contributed by atoms with van der Waals surface area (Å²) >= 11 is 11.9. The predicted octanol–water partition coefficient (Wildman–Crippen LogP) is 5.07. The largest absolute Gasteiger partial charge is 0.367 e. The van der Waals surface area contributed by atoms with Gasteiger partial charge >= 0.3 is 0 Å². The molecule has 0 aliphatic carbocycles. The Hall–Kier alpha value is -3.16. The fraction of sp³-hybridized carbons (Fsp3) is 0.269. The van der Waals surface area contributed by atoms with Crippen LogP contribution in [0.5, 0.6) is 0 Å². The van der Waals surface area contributed by atoms with Gasteiger partial charge in [0.15, 0.2) is 5.11 Å². The van der Waals surface area contributed by atoms with Crippen LogP contribution in [0.25, 0.3) is 10.8 Å². The Kier molecular flexibility index (Phi) is 7.65. The molecule has 1 heterocycles. The highest BCUT2D eigenvalue weighted by atomic mass is 35.5. The molecule has 4 rings (SSSR count). The van der Waals surface area contributed by atoms with Gasteiger partial charge in [0.1, 0.15) is 0 Å². The predicted molar refractivity (Wildman–Crippen MR) is 143 cm³/mol. The second-order valence-corrected chi connectivity index (χ2v) is 9.03. The third kappa shape index (κ3) is 5.48. The minimum atomic E-state index is -0.271. The van der Waals surface area contributed by atoms with E-state index in [9.17, 15) is 9.59 Å². The van der Waals surface area contributed by atoms with Crippen LogP contribution in [-0.4, -0.2) is 48.0 Å². The first-order valence-electron chi connectivity index (χ1n) is 11.4. The number of hydrogen-bond acceptors (Lipinski definition) is 4. The highest BCUT2D eigenvalue weighted by molar-refractivity contribution is 7.80. The van der Waals surface area contributed by atoms with Crippen molar-refractivity contribution in [1.82, 2.24) is 10.2 Å². The van der Waals surface area contributed by atoms with Gasteiger partial charge in [-0.15, -0.1) is 0 Å². The van der Waals surface area contributed by atoms with Gasteiger partial charge in [0.05, 0.1) is 10.7 Å². The summed E-state index contributed by atoms with van der Waals surface area (Å²) in [7, 11) is 0. The Balaban J connectivity index is 1.36. The van der Waals surface area contributed by atoms with E-state index in [1.165, 1.54) is 0 Å².